The summed E-state index contributed by atoms with van der Waals surface area (Å²) in [6.45, 7) is 3.77. The van der Waals surface area contributed by atoms with Crippen LogP contribution in [-0.2, 0) is 16.4 Å². The van der Waals surface area contributed by atoms with Gasteiger partial charge >= 0.3 is 0 Å². The lowest BCUT2D eigenvalue weighted by atomic mass is 10.0. The molecule has 2 aromatic carbocycles. The maximum Gasteiger partial charge on any atom is 0.243 e. The van der Waals surface area contributed by atoms with E-state index < -0.39 is 28.0 Å². The number of nitrogens with two attached hydrogens (primary N) is 1. The van der Waals surface area contributed by atoms with E-state index >= 15 is 0 Å². The van der Waals surface area contributed by atoms with Crippen molar-refractivity contribution >= 4 is 21.6 Å². The second-order valence-electron chi connectivity index (χ2n) is 7.21. The Balaban J connectivity index is 2.21. The van der Waals surface area contributed by atoms with E-state index in [4.69, 9.17) is 17.3 Å². The molecule has 0 spiro atoms. The molecule has 154 valence electrons. The molecule has 0 aliphatic carbocycles. The summed E-state index contributed by atoms with van der Waals surface area (Å²) in [5.41, 5.74) is 7.07. The van der Waals surface area contributed by atoms with Gasteiger partial charge in [0, 0.05) is 19.1 Å². The molecule has 2 rings (SSSR count). The van der Waals surface area contributed by atoms with Gasteiger partial charge in [-0.3, -0.25) is 0 Å². The highest BCUT2D eigenvalue weighted by Gasteiger charge is 2.30. The van der Waals surface area contributed by atoms with Crippen LogP contribution in [0.4, 0.5) is 4.39 Å². The predicted molar refractivity (Wildman–Crippen MR) is 109 cm³/mol. The van der Waals surface area contributed by atoms with E-state index in [9.17, 15) is 17.9 Å². The fourth-order valence-corrected chi connectivity index (χ4v) is 4.72. The van der Waals surface area contributed by atoms with Crippen molar-refractivity contribution in [1.29, 1.82) is 0 Å². The highest BCUT2D eigenvalue weighted by atomic mass is 35.5. The number of sulfonamides is 1. The van der Waals surface area contributed by atoms with Gasteiger partial charge in [-0.05, 0) is 36.1 Å². The quantitative estimate of drug-likeness (QED) is 0.643. The van der Waals surface area contributed by atoms with Crippen LogP contribution < -0.4 is 5.73 Å². The molecule has 2 atom stereocenters. The molecular weight excluding hydrogens is 403 g/mol. The van der Waals surface area contributed by atoms with E-state index in [0.717, 1.165) is 17.7 Å². The third-order valence-electron chi connectivity index (χ3n) is 4.30. The van der Waals surface area contributed by atoms with E-state index in [1.165, 1.54) is 10.4 Å². The summed E-state index contributed by atoms with van der Waals surface area (Å²) in [5.74, 6) is -0.677. The monoisotopic (exact) mass is 428 g/mol. The molecule has 0 saturated carbocycles. The molecule has 0 aromatic heterocycles. The first-order chi connectivity index (χ1) is 13.1. The fraction of sp³-hybridized carbons (Fsp3) is 0.400. The summed E-state index contributed by atoms with van der Waals surface area (Å²) in [5, 5.41) is 10.3. The molecule has 0 aliphatic heterocycles. The van der Waals surface area contributed by atoms with E-state index in [0.29, 0.717) is 6.42 Å². The van der Waals surface area contributed by atoms with Crippen LogP contribution in [0.2, 0.25) is 5.02 Å². The molecule has 3 N–H and O–H groups in total. The summed E-state index contributed by atoms with van der Waals surface area (Å²) in [6, 6.07) is 12.1. The zero-order valence-electron chi connectivity index (χ0n) is 15.9. The highest BCUT2D eigenvalue weighted by Crippen LogP contribution is 2.23. The zero-order chi connectivity index (χ0) is 20.9. The highest BCUT2D eigenvalue weighted by molar-refractivity contribution is 7.89. The lowest BCUT2D eigenvalue weighted by Gasteiger charge is -2.28. The second kappa shape index (κ2) is 9.80. The molecule has 0 heterocycles. The Hall–Kier alpha value is -1.51. The molecule has 0 fully saturated rings. The second-order valence-corrected chi connectivity index (χ2v) is 9.56. The van der Waals surface area contributed by atoms with E-state index in [1.54, 1.807) is 0 Å². The standard InChI is InChI=1S/C20H26ClFN2O3S/c1-14(2)12-24(28(26,27)16-8-9-18(22)17(21)11-16)13-20(25)19(23)10-15-6-4-3-5-7-15/h3-9,11,14,19-20,25H,10,12-13,23H2,1-2H3/t19-,20+/m0/s1. The van der Waals surface area contributed by atoms with Crippen LogP contribution in [0.3, 0.4) is 0 Å². The van der Waals surface area contributed by atoms with Gasteiger partial charge in [0.2, 0.25) is 10.0 Å². The van der Waals surface area contributed by atoms with Gasteiger partial charge in [-0.1, -0.05) is 55.8 Å². The SMILES string of the molecule is CC(C)CN(C[C@@H](O)[C@@H](N)Cc1ccccc1)S(=O)(=O)c1ccc(F)c(Cl)c1. The average Bonchev–Trinajstić information content (AvgIpc) is 2.63. The summed E-state index contributed by atoms with van der Waals surface area (Å²) < 4.78 is 40.7. The minimum Gasteiger partial charge on any atom is -0.390 e. The van der Waals surface area contributed by atoms with Crippen LogP contribution in [0, 0.1) is 11.7 Å². The van der Waals surface area contributed by atoms with Crippen LogP contribution in [0.15, 0.2) is 53.4 Å². The molecule has 0 radical (unpaired) electrons. The lowest BCUT2D eigenvalue weighted by Crippen LogP contribution is -2.47. The number of benzene rings is 2. The summed E-state index contributed by atoms with van der Waals surface area (Å²) in [6.07, 6.45) is -0.649. The maximum atomic E-state index is 13.4. The number of aliphatic hydroxyl groups is 1. The third kappa shape index (κ3) is 5.99. The lowest BCUT2D eigenvalue weighted by molar-refractivity contribution is 0.116. The number of aliphatic hydroxyl groups excluding tert-OH is 1. The van der Waals surface area contributed by atoms with E-state index in [2.05, 4.69) is 0 Å². The molecule has 8 heteroatoms. The third-order valence-corrected chi connectivity index (χ3v) is 6.41. The molecule has 0 amide bonds. The van der Waals surface area contributed by atoms with Crippen molar-refractivity contribution in [2.75, 3.05) is 13.1 Å². The van der Waals surface area contributed by atoms with Gasteiger partial charge in [-0.2, -0.15) is 4.31 Å². The van der Waals surface area contributed by atoms with Gasteiger partial charge in [0.1, 0.15) is 5.82 Å². The molecule has 0 aliphatic rings. The van der Waals surface area contributed by atoms with Crippen molar-refractivity contribution in [2.45, 2.75) is 37.3 Å². The number of halogens is 2. The van der Waals surface area contributed by atoms with Gasteiger partial charge in [0.15, 0.2) is 0 Å². The molecular formula is C20H26ClFN2O3S. The Kier molecular flexibility index (Phi) is 7.97. The van der Waals surface area contributed by atoms with Gasteiger partial charge in [0.25, 0.3) is 0 Å². The van der Waals surface area contributed by atoms with Gasteiger partial charge < -0.3 is 10.8 Å². The minimum absolute atomic E-state index is 0.0169. The van der Waals surface area contributed by atoms with Crippen molar-refractivity contribution < 1.29 is 17.9 Å². The Labute approximate surface area is 171 Å². The Morgan fingerprint density at radius 3 is 2.36 bits per heavy atom. The first-order valence-electron chi connectivity index (χ1n) is 9.04. The summed E-state index contributed by atoms with van der Waals surface area (Å²) in [7, 11) is -3.97. The number of hydrogen-bond donors (Lipinski definition) is 2. The average molecular weight is 429 g/mol. The van der Waals surface area contributed by atoms with Crippen molar-refractivity contribution in [2.24, 2.45) is 11.7 Å². The predicted octanol–water partition coefficient (Wildman–Crippen LogP) is 3.06. The molecule has 2 aromatic rings. The Bertz CT molecular complexity index is 878. The normalized spacial score (nSPS) is 14.4. The molecule has 0 bridgehead atoms. The van der Waals surface area contributed by atoms with E-state index in [1.807, 2.05) is 44.2 Å². The van der Waals surface area contributed by atoms with Crippen molar-refractivity contribution in [1.82, 2.24) is 4.31 Å². The summed E-state index contributed by atoms with van der Waals surface area (Å²) in [4.78, 5) is -0.122. The van der Waals surface area contributed by atoms with Gasteiger partial charge in [-0.25, -0.2) is 12.8 Å². The van der Waals surface area contributed by atoms with Gasteiger partial charge in [0.05, 0.1) is 16.0 Å². The topological polar surface area (TPSA) is 83.6 Å². The minimum atomic E-state index is -3.97. The summed E-state index contributed by atoms with van der Waals surface area (Å²) >= 11 is 5.75. The number of nitrogens with zero attached hydrogens (tertiary/aromatic N) is 1. The first kappa shape index (κ1) is 22.8. The molecule has 0 saturated heterocycles. The van der Waals surface area contributed by atoms with Gasteiger partial charge in [-0.15, -0.1) is 0 Å². The Morgan fingerprint density at radius 1 is 1.14 bits per heavy atom. The smallest absolute Gasteiger partial charge is 0.243 e. The van der Waals surface area contributed by atoms with Crippen LogP contribution in [0.25, 0.3) is 0 Å². The van der Waals surface area contributed by atoms with E-state index in [-0.39, 0.29) is 28.9 Å². The van der Waals surface area contributed by atoms with Crippen LogP contribution in [-0.4, -0.2) is 43.1 Å². The van der Waals surface area contributed by atoms with Crippen molar-refractivity contribution in [3.05, 3.63) is 64.9 Å². The molecule has 5 nitrogen and oxygen atoms in total. The Morgan fingerprint density at radius 2 is 1.79 bits per heavy atom. The van der Waals surface area contributed by atoms with Crippen LogP contribution in [0.1, 0.15) is 19.4 Å². The zero-order valence-corrected chi connectivity index (χ0v) is 17.5. The number of rotatable bonds is 9. The first-order valence-corrected chi connectivity index (χ1v) is 10.9. The van der Waals surface area contributed by atoms with Crippen molar-refractivity contribution in [3.8, 4) is 0 Å². The maximum absolute atomic E-state index is 13.4. The molecule has 28 heavy (non-hydrogen) atoms. The van der Waals surface area contributed by atoms with Crippen LogP contribution in [0.5, 0.6) is 0 Å². The molecule has 0 unspecified atom stereocenters. The largest absolute Gasteiger partial charge is 0.390 e. The van der Waals surface area contributed by atoms with Crippen LogP contribution >= 0.6 is 11.6 Å². The fourth-order valence-electron chi connectivity index (χ4n) is 2.83. The van der Waals surface area contributed by atoms with Crippen molar-refractivity contribution in [3.63, 3.8) is 0 Å². The number of hydrogen-bond acceptors (Lipinski definition) is 4.